The zero-order valence-electron chi connectivity index (χ0n) is 14.2. The predicted molar refractivity (Wildman–Crippen MR) is 91.8 cm³/mol. The van der Waals surface area contributed by atoms with Crippen LogP contribution in [0.25, 0.3) is 0 Å². The highest BCUT2D eigenvalue weighted by atomic mass is 16.5. The molecule has 132 valence electrons. The number of benzene rings is 1. The molecule has 0 spiro atoms. The first-order valence-corrected chi connectivity index (χ1v) is 7.99. The summed E-state index contributed by atoms with van der Waals surface area (Å²) in [6.45, 7) is 4.43. The molecule has 1 aromatic carbocycles. The lowest BCUT2D eigenvalue weighted by molar-refractivity contribution is 0.0600. The van der Waals surface area contributed by atoms with Crippen LogP contribution in [0, 0.1) is 6.92 Å². The first-order chi connectivity index (χ1) is 12.1. The van der Waals surface area contributed by atoms with Gasteiger partial charge in [0, 0.05) is 37.9 Å². The zero-order valence-corrected chi connectivity index (χ0v) is 14.2. The van der Waals surface area contributed by atoms with Crippen LogP contribution >= 0.6 is 0 Å². The molecule has 0 saturated carbocycles. The molecule has 0 aliphatic carbocycles. The number of hydrogen-bond acceptors (Lipinski definition) is 6. The normalized spacial score (nSPS) is 14.3. The highest BCUT2D eigenvalue weighted by molar-refractivity contribution is 5.92. The van der Waals surface area contributed by atoms with Gasteiger partial charge in [-0.15, -0.1) is 0 Å². The molecule has 1 aromatic heterocycles. The molecule has 0 atom stereocenters. The van der Waals surface area contributed by atoms with Crippen molar-refractivity contribution in [2.75, 3.05) is 43.5 Å². The Bertz CT molecular complexity index is 748. The maximum absolute atomic E-state index is 12.4. The molecule has 0 bridgehead atoms. The van der Waals surface area contributed by atoms with Gasteiger partial charge in [-0.2, -0.15) is 0 Å². The molecule has 2 heterocycles. The van der Waals surface area contributed by atoms with Gasteiger partial charge < -0.3 is 24.4 Å². The molecule has 1 N–H and O–H groups in total. The minimum absolute atomic E-state index is 0.165. The molecule has 0 radical (unpaired) electrons. The van der Waals surface area contributed by atoms with Gasteiger partial charge >= 0.3 is 12.0 Å². The van der Waals surface area contributed by atoms with Crippen LogP contribution in [0.1, 0.15) is 16.1 Å². The maximum Gasteiger partial charge on any atom is 0.337 e. The number of ether oxygens (including phenoxy) is 1. The van der Waals surface area contributed by atoms with Crippen molar-refractivity contribution in [3.05, 3.63) is 41.7 Å². The SMILES string of the molecule is COC(=O)c1ccc(NC(=O)N2CCN(c3cc(C)on3)CC2)cc1. The van der Waals surface area contributed by atoms with Gasteiger partial charge in [-0.1, -0.05) is 5.16 Å². The number of methoxy groups -OCH3 is 1. The Labute approximate surface area is 145 Å². The monoisotopic (exact) mass is 344 g/mol. The Hall–Kier alpha value is -3.03. The number of aryl methyl sites for hydroxylation is 1. The van der Waals surface area contributed by atoms with E-state index in [0.29, 0.717) is 37.4 Å². The molecule has 2 amide bonds. The largest absolute Gasteiger partial charge is 0.465 e. The molecule has 0 unspecified atom stereocenters. The van der Waals surface area contributed by atoms with Crippen molar-refractivity contribution < 1.29 is 18.8 Å². The van der Waals surface area contributed by atoms with Gasteiger partial charge in [0.15, 0.2) is 5.82 Å². The summed E-state index contributed by atoms with van der Waals surface area (Å²) in [6.07, 6.45) is 0. The van der Waals surface area contributed by atoms with E-state index in [-0.39, 0.29) is 6.03 Å². The number of aromatic nitrogens is 1. The summed E-state index contributed by atoms with van der Waals surface area (Å²) in [5.74, 6) is 1.17. The van der Waals surface area contributed by atoms with Crippen LogP contribution in [-0.2, 0) is 4.74 Å². The highest BCUT2D eigenvalue weighted by Gasteiger charge is 2.23. The quantitative estimate of drug-likeness (QED) is 0.858. The van der Waals surface area contributed by atoms with E-state index in [1.54, 1.807) is 29.2 Å². The highest BCUT2D eigenvalue weighted by Crippen LogP contribution is 2.17. The summed E-state index contributed by atoms with van der Waals surface area (Å²) in [5, 5.41) is 6.84. The number of amides is 2. The van der Waals surface area contributed by atoms with Gasteiger partial charge in [0.25, 0.3) is 0 Å². The van der Waals surface area contributed by atoms with E-state index in [2.05, 4.69) is 20.1 Å². The smallest absolute Gasteiger partial charge is 0.337 e. The molecule has 25 heavy (non-hydrogen) atoms. The van der Waals surface area contributed by atoms with E-state index < -0.39 is 5.97 Å². The van der Waals surface area contributed by atoms with Crippen LogP contribution in [0.15, 0.2) is 34.9 Å². The van der Waals surface area contributed by atoms with E-state index in [1.807, 2.05) is 13.0 Å². The number of nitrogens with one attached hydrogen (secondary N) is 1. The molecule has 1 aliphatic heterocycles. The Balaban J connectivity index is 1.53. The average molecular weight is 344 g/mol. The first-order valence-electron chi connectivity index (χ1n) is 7.99. The molecular formula is C17H20N4O4. The minimum Gasteiger partial charge on any atom is -0.465 e. The molecule has 2 aromatic rings. The third kappa shape index (κ3) is 3.90. The molecule has 8 nitrogen and oxygen atoms in total. The van der Waals surface area contributed by atoms with Crippen molar-refractivity contribution in [3.63, 3.8) is 0 Å². The van der Waals surface area contributed by atoms with Crippen LogP contribution in [0.5, 0.6) is 0 Å². The number of esters is 1. The number of anilines is 2. The fraction of sp³-hybridized carbons (Fsp3) is 0.353. The second kappa shape index (κ2) is 7.25. The molecule has 1 saturated heterocycles. The number of hydrogen-bond donors (Lipinski definition) is 1. The average Bonchev–Trinajstić information content (AvgIpc) is 3.08. The second-order valence-corrected chi connectivity index (χ2v) is 5.77. The number of carbonyl (C=O) groups excluding carboxylic acids is 2. The van der Waals surface area contributed by atoms with Crippen LogP contribution in [-0.4, -0.2) is 55.3 Å². The standard InChI is InChI=1S/C17H20N4O4/c1-12-11-15(19-25-12)20-7-9-21(10-8-20)17(23)18-14-5-3-13(4-6-14)16(22)24-2/h3-6,11H,7-10H2,1-2H3,(H,18,23). The number of nitrogens with zero attached hydrogens (tertiary/aromatic N) is 3. The maximum atomic E-state index is 12.4. The Kier molecular flexibility index (Phi) is 4.87. The third-order valence-electron chi connectivity index (χ3n) is 4.06. The fourth-order valence-corrected chi connectivity index (χ4v) is 2.65. The van der Waals surface area contributed by atoms with Gasteiger partial charge in [-0.05, 0) is 31.2 Å². The summed E-state index contributed by atoms with van der Waals surface area (Å²) in [7, 11) is 1.33. The van der Waals surface area contributed by atoms with Crippen molar-refractivity contribution in [1.82, 2.24) is 10.1 Å². The van der Waals surface area contributed by atoms with Crippen molar-refractivity contribution in [3.8, 4) is 0 Å². The second-order valence-electron chi connectivity index (χ2n) is 5.77. The van der Waals surface area contributed by atoms with Gasteiger partial charge in [0.2, 0.25) is 0 Å². The van der Waals surface area contributed by atoms with Crippen molar-refractivity contribution >= 4 is 23.5 Å². The number of urea groups is 1. The topological polar surface area (TPSA) is 87.9 Å². The van der Waals surface area contributed by atoms with Crippen molar-refractivity contribution in [1.29, 1.82) is 0 Å². The minimum atomic E-state index is -0.405. The molecule has 1 aliphatic rings. The van der Waals surface area contributed by atoms with Crippen LogP contribution in [0.2, 0.25) is 0 Å². The molecular weight excluding hydrogens is 324 g/mol. The van der Waals surface area contributed by atoms with E-state index in [4.69, 9.17) is 4.52 Å². The molecule has 8 heteroatoms. The summed E-state index contributed by atoms with van der Waals surface area (Å²) in [6, 6.07) is 8.32. The van der Waals surface area contributed by atoms with Gasteiger partial charge in [0.1, 0.15) is 5.76 Å². The Morgan fingerprint density at radius 3 is 2.40 bits per heavy atom. The van der Waals surface area contributed by atoms with E-state index in [1.165, 1.54) is 7.11 Å². The van der Waals surface area contributed by atoms with E-state index in [9.17, 15) is 9.59 Å². The lowest BCUT2D eigenvalue weighted by Crippen LogP contribution is -2.50. The number of rotatable bonds is 3. The zero-order chi connectivity index (χ0) is 17.8. The van der Waals surface area contributed by atoms with Gasteiger partial charge in [-0.25, -0.2) is 9.59 Å². The van der Waals surface area contributed by atoms with Crippen LogP contribution < -0.4 is 10.2 Å². The lowest BCUT2D eigenvalue weighted by atomic mass is 10.2. The molecule has 3 rings (SSSR count). The summed E-state index contributed by atoms with van der Waals surface area (Å²) in [5.41, 5.74) is 1.07. The Morgan fingerprint density at radius 1 is 1.16 bits per heavy atom. The summed E-state index contributed by atoms with van der Waals surface area (Å²) in [4.78, 5) is 27.6. The van der Waals surface area contributed by atoms with Crippen LogP contribution in [0.4, 0.5) is 16.3 Å². The third-order valence-corrected chi connectivity index (χ3v) is 4.06. The van der Waals surface area contributed by atoms with Gasteiger partial charge in [0.05, 0.1) is 12.7 Å². The van der Waals surface area contributed by atoms with E-state index >= 15 is 0 Å². The summed E-state index contributed by atoms with van der Waals surface area (Å²) >= 11 is 0. The summed E-state index contributed by atoms with van der Waals surface area (Å²) < 4.78 is 9.74. The number of piperazine rings is 1. The van der Waals surface area contributed by atoms with E-state index in [0.717, 1.165) is 11.6 Å². The molecule has 1 fully saturated rings. The Morgan fingerprint density at radius 2 is 1.84 bits per heavy atom. The first kappa shape index (κ1) is 16.8. The van der Waals surface area contributed by atoms with Gasteiger partial charge in [-0.3, -0.25) is 0 Å². The van der Waals surface area contributed by atoms with Crippen molar-refractivity contribution in [2.24, 2.45) is 0 Å². The predicted octanol–water partition coefficient (Wildman–Crippen LogP) is 2.12. The van der Waals surface area contributed by atoms with Crippen molar-refractivity contribution in [2.45, 2.75) is 6.92 Å². The lowest BCUT2D eigenvalue weighted by Gasteiger charge is -2.34. The fourth-order valence-electron chi connectivity index (χ4n) is 2.65. The number of carbonyl (C=O) groups is 2. The van der Waals surface area contributed by atoms with Crippen LogP contribution in [0.3, 0.4) is 0 Å².